The van der Waals surface area contributed by atoms with Crippen molar-refractivity contribution in [2.75, 3.05) is 12.4 Å². The number of hydrogen-bond donors (Lipinski definition) is 1. The standard InChI is InChI=1S/C15H17NO/c1-12-7-9-14(10-8-12)16-11-13-5-3-4-6-15(13)17-2/h3-10,16H,11H2,1-2H3. The largest absolute Gasteiger partial charge is 0.496 e. The Balaban J connectivity index is 2.04. The van der Waals surface area contributed by atoms with Gasteiger partial charge in [-0.05, 0) is 25.1 Å². The number of para-hydroxylation sites is 1. The molecule has 0 amide bonds. The van der Waals surface area contributed by atoms with Gasteiger partial charge >= 0.3 is 0 Å². The molecule has 0 aliphatic heterocycles. The van der Waals surface area contributed by atoms with Gasteiger partial charge in [-0.2, -0.15) is 0 Å². The van der Waals surface area contributed by atoms with Crippen molar-refractivity contribution in [3.05, 3.63) is 59.7 Å². The second kappa shape index (κ2) is 5.39. The maximum absolute atomic E-state index is 5.31. The number of aryl methyl sites for hydroxylation is 1. The summed E-state index contributed by atoms with van der Waals surface area (Å²) in [5, 5.41) is 3.38. The topological polar surface area (TPSA) is 21.3 Å². The third kappa shape index (κ3) is 3.00. The van der Waals surface area contributed by atoms with E-state index in [1.165, 1.54) is 5.56 Å². The van der Waals surface area contributed by atoms with Crippen molar-refractivity contribution < 1.29 is 4.74 Å². The predicted octanol–water partition coefficient (Wildman–Crippen LogP) is 3.62. The lowest BCUT2D eigenvalue weighted by Gasteiger charge is -2.10. The van der Waals surface area contributed by atoms with Gasteiger partial charge in [0.15, 0.2) is 0 Å². The minimum absolute atomic E-state index is 0.771. The van der Waals surface area contributed by atoms with E-state index in [2.05, 4.69) is 42.6 Å². The van der Waals surface area contributed by atoms with Gasteiger partial charge in [0.2, 0.25) is 0 Å². The summed E-state index contributed by atoms with van der Waals surface area (Å²) >= 11 is 0. The molecule has 0 aliphatic rings. The van der Waals surface area contributed by atoms with Crippen LogP contribution in [0, 0.1) is 6.92 Å². The summed E-state index contributed by atoms with van der Waals surface area (Å²) in [4.78, 5) is 0. The second-order valence-electron chi connectivity index (χ2n) is 4.03. The summed E-state index contributed by atoms with van der Waals surface area (Å²) < 4.78 is 5.31. The zero-order chi connectivity index (χ0) is 12.1. The Kier molecular flexibility index (Phi) is 3.66. The molecule has 2 aromatic carbocycles. The Hall–Kier alpha value is -1.96. The summed E-state index contributed by atoms with van der Waals surface area (Å²) in [6.45, 7) is 2.86. The molecule has 2 nitrogen and oxygen atoms in total. The van der Waals surface area contributed by atoms with Crippen LogP contribution < -0.4 is 10.1 Å². The summed E-state index contributed by atoms with van der Waals surface area (Å²) in [6.07, 6.45) is 0. The molecule has 17 heavy (non-hydrogen) atoms. The van der Waals surface area contributed by atoms with E-state index in [1.807, 2.05) is 18.2 Å². The second-order valence-corrected chi connectivity index (χ2v) is 4.03. The monoisotopic (exact) mass is 227 g/mol. The molecule has 88 valence electrons. The summed E-state index contributed by atoms with van der Waals surface area (Å²) in [6, 6.07) is 16.4. The molecule has 0 aromatic heterocycles. The molecule has 1 N–H and O–H groups in total. The first kappa shape index (κ1) is 11.5. The van der Waals surface area contributed by atoms with E-state index in [0.717, 1.165) is 23.5 Å². The van der Waals surface area contributed by atoms with Crippen molar-refractivity contribution in [3.8, 4) is 5.75 Å². The van der Waals surface area contributed by atoms with Crippen LogP contribution in [0.2, 0.25) is 0 Å². The highest BCUT2D eigenvalue weighted by atomic mass is 16.5. The highest BCUT2D eigenvalue weighted by Crippen LogP contribution is 2.19. The van der Waals surface area contributed by atoms with Crippen LogP contribution in [0.3, 0.4) is 0 Å². The molecular formula is C15H17NO. The van der Waals surface area contributed by atoms with E-state index in [1.54, 1.807) is 7.11 Å². The van der Waals surface area contributed by atoms with Gasteiger partial charge in [-0.25, -0.2) is 0 Å². The van der Waals surface area contributed by atoms with Crippen LogP contribution in [0.15, 0.2) is 48.5 Å². The number of methoxy groups -OCH3 is 1. The third-order valence-corrected chi connectivity index (χ3v) is 2.73. The molecule has 0 heterocycles. The Morgan fingerprint density at radius 1 is 1.00 bits per heavy atom. The molecule has 0 radical (unpaired) electrons. The lowest BCUT2D eigenvalue weighted by atomic mass is 10.2. The highest BCUT2D eigenvalue weighted by Gasteiger charge is 2.00. The van der Waals surface area contributed by atoms with E-state index in [9.17, 15) is 0 Å². The van der Waals surface area contributed by atoms with Gasteiger partial charge < -0.3 is 10.1 Å². The van der Waals surface area contributed by atoms with Gasteiger partial charge in [0, 0.05) is 17.8 Å². The number of rotatable bonds is 4. The van der Waals surface area contributed by atoms with Gasteiger partial charge in [-0.15, -0.1) is 0 Å². The van der Waals surface area contributed by atoms with Gasteiger partial charge in [0.25, 0.3) is 0 Å². The zero-order valence-corrected chi connectivity index (χ0v) is 10.2. The predicted molar refractivity (Wildman–Crippen MR) is 71.5 cm³/mol. The number of nitrogens with one attached hydrogen (secondary N) is 1. The number of hydrogen-bond acceptors (Lipinski definition) is 2. The molecule has 0 unspecified atom stereocenters. The average Bonchev–Trinajstić information content (AvgIpc) is 2.38. The number of ether oxygens (including phenoxy) is 1. The van der Waals surface area contributed by atoms with Crippen LogP contribution in [0.5, 0.6) is 5.75 Å². The first-order valence-corrected chi connectivity index (χ1v) is 5.72. The lowest BCUT2D eigenvalue weighted by Crippen LogP contribution is -2.01. The molecule has 0 spiro atoms. The molecule has 0 aliphatic carbocycles. The van der Waals surface area contributed by atoms with Crippen molar-refractivity contribution in [2.45, 2.75) is 13.5 Å². The maximum Gasteiger partial charge on any atom is 0.123 e. The fraction of sp³-hybridized carbons (Fsp3) is 0.200. The Morgan fingerprint density at radius 3 is 2.41 bits per heavy atom. The van der Waals surface area contributed by atoms with E-state index in [0.29, 0.717) is 0 Å². The molecule has 0 bridgehead atoms. The molecular weight excluding hydrogens is 210 g/mol. The third-order valence-electron chi connectivity index (χ3n) is 2.73. The van der Waals surface area contributed by atoms with Crippen LogP contribution in [-0.4, -0.2) is 7.11 Å². The van der Waals surface area contributed by atoms with E-state index in [-0.39, 0.29) is 0 Å². The zero-order valence-electron chi connectivity index (χ0n) is 10.2. The molecule has 0 fully saturated rings. The first-order chi connectivity index (χ1) is 8.29. The Bertz CT molecular complexity index is 477. The van der Waals surface area contributed by atoms with Gasteiger partial charge in [-0.1, -0.05) is 35.9 Å². The minimum Gasteiger partial charge on any atom is -0.496 e. The van der Waals surface area contributed by atoms with Crippen molar-refractivity contribution in [1.29, 1.82) is 0 Å². The fourth-order valence-electron chi connectivity index (χ4n) is 1.72. The van der Waals surface area contributed by atoms with Gasteiger partial charge in [0.1, 0.15) is 5.75 Å². The number of anilines is 1. The van der Waals surface area contributed by atoms with Crippen LogP contribution in [-0.2, 0) is 6.54 Å². The summed E-state index contributed by atoms with van der Waals surface area (Å²) in [5.74, 6) is 0.923. The molecule has 2 heteroatoms. The van der Waals surface area contributed by atoms with Gasteiger partial charge in [-0.3, -0.25) is 0 Å². The average molecular weight is 227 g/mol. The van der Waals surface area contributed by atoms with E-state index >= 15 is 0 Å². The van der Waals surface area contributed by atoms with E-state index < -0.39 is 0 Å². The highest BCUT2D eigenvalue weighted by molar-refractivity contribution is 5.46. The Morgan fingerprint density at radius 2 is 1.71 bits per heavy atom. The quantitative estimate of drug-likeness (QED) is 0.861. The van der Waals surface area contributed by atoms with Crippen LogP contribution in [0.1, 0.15) is 11.1 Å². The normalized spacial score (nSPS) is 10.0. The first-order valence-electron chi connectivity index (χ1n) is 5.72. The van der Waals surface area contributed by atoms with Crippen molar-refractivity contribution >= 4 is 5.69 Å². The van der Waals surface area contributed by atoms with Crippen LogP contribution in [0.25, 0.3) is 0 Å². The summed E-state index contributed by atoms with van der Waals surface area (Å²) in [7, 11) is 1.70. The Labute approximate surface area is 102 Å². The molecule has 0 saturated heterocycles. The van der Waals surface area contributed by atoms with Crippen molar-refractivity contribution in [1.82, 2.24) is 0 Å². The van der Waals surface area contributed by atoms with E-state index in [4.69, 9.17) is 4.74 Å². The van der Waals surface area contributed by atoms with Crippen LogP contribution >= 0.6 is 0 Å². The fourth-order valence-corrected chi connectivity index (χ4v) is 1.72. The van der Waals surface area contributed by atoms with Crippen LogP contribution in [0.4, 0.5) is 5.69 Å². The molecule has 2 aromatic rings. The number of benzene rings is 2. The molecule has 2 rings (SSSR count). The van der Waals surface area contributed by atoms with Gasteiger partial charge in [0.05, 0.1) is 7.11 Å². The SMILES string of the molecule is COc1ccccc1CNc1ccc(C)cc1. The smallest absolute Gasteiger partial charge is 0.123 e. The van der Waals surface area contributed by atoms with Crippen molar-refractivity contribution in [2.24, 2.45) is 0 Å². The summed E-state index contributed by atoms with van der Waals surface area (Å²) in [5.41, 5.74) is 3.56. The van der Waals surface area contributed by atoms with Crippen molar-refractivity contribution in [3.63, 3.8) is 0 Å². The molecule has 0 saturated carbocycles. The lowest BCUT2D eigenvalue weighted by molar-refractivity contribution is 0.410. The maximum atomic E-state index is 5.31. The molecule has 0 atom stereocenters. The minimum atomic E-state index is 0.771.